The van der Waals surface area contributed by atoms with Gasteiger partial charge in [0, 0.05) is 12.0 Å². The first-order valence-electron chi connectivity index (χ1n) is 5.47. The van der Waals surface area contributed by atoms with E-state index in [1.807, 2.05) is 0 Å². The highest BCUT2D eigenvalue weighted by Gasteiger charge is 2.25. The van der Waals surface area contributed by atoms with Gasteiger partial charge in [0.1, 0.15) is 0 Å². The average Bonchev–Trinajstić information content (AvgIpc) is 2.64. The molecule has 0 amide bonds. The molecule has 0 spiro atoms. The van der Waals surface area contributed by atoms with E-state index >= 15 is 0 Å². The molecule has 1 heterocycles. The first-order valence-corrected chi connectivity index (χ1v) is 6.00. The van der Waals surface area contributed by atoms with Crippen LogP contribution in [0.1, 0.15) is 34.8 Å². The van der Waals surface area contributed by atoms with Crippen LogP contribution >= 0.6 is 11.6 Å². The Labute approximate surface area is 101 Å². The number of hydrogen-bond acceptors (Lipinski definition) is 2. The van der Waals surface area contributed by atoms with Crippen molar-refractivity contribution in [2.75, 3.05) is 5.88 Å². The fourth-order valence-corrected chi connectivity index (χ4v) is 2.52. The minimum absolute atomic E-state index is 0.0503. The molecule has 1 unspecified atom stereocenters. The second kappa shape index (κ2) is 4.46. The van der Waals surface area contributed by atoms with E-state index in [1.54, 1.807) is 0 Å². The lowest BCUT2D eigenvalue weighted by molar-refractivity contribution is 0.0848. The Kier molecular flexibility index (Phi) is 3.20. The molecule has 0 aromatic heterocycles. The number of oxime groups is 1. The van der Waals surface area contributed by atoms with Crippen molar-refractivity contribution in [3.8, 4) is 0 Å². The van der Waals surface area contributed by atoms with Crippen molar-refractivity contribution >= 4 is 17.3 Å². The molecular weight excluding hydrogens is 222 g/mol. The summed E-state index contributed by atoms with van der Waals surface area (Å²) in [5, 5.41) is 4.00. The van der Waals surface area contributed by atoms with Gasteiger partial charge in [-0.05, 0) is 31.9 Å². The number of nitrogens with zero attached hydrogens (tertiary/aromatic N) is 1. The Hall–Kier alpha value is -1.02. The summed E-state index contributed by atoms with van der Waals surface area (Å²) in [5.74, 6) is 0.459. The third-order valence-corrected chi connectivity index (χ3v) is 3.25. The van der Waals surface area contributed by atoms with Crippen LogP contribution in [0, 0.1) is 20.8 Å². The monoisotopic (exact) mass is 237 g/mol. The number of halogens is 1. The number of alkyl halides is 1. The van der Waals surface area contributed by atoms with Crippen LogP contribution in [0.25, 0.3) is 0 Å². The maximum Gasteiger partial charge on any atom is 0.158 e. The number of aryl methyl sites for hydroxylation is 3. The van der Waals surface area contributed by atoms with Crippen LogP contribution in [0.4, 0.5) is 0 Å². The Morgan fingerprint density at radius 1 is 1.31 bits per heavy atom. The highest BCUT2D eigenvalue weighted by molar-refractivity contribution is 6.28. The fraction of sp³-hybridized carbons (Fsp3) is 0.462. The van der Waals surface area contributed by atoms with Gasteiger partial charge >= 0.3 is 0 Å². The molecule has 1 aromatic carbocycles. The Morgan fingerprint density at radius 2 is 1.94 bits per heavy atom. The van der Waals surface area contributed by atoms with Gasteiger partial charge in [-0.3, -0.25) is 0 Å². The van der Waals surface area contributed by atoms with Crippen molar-refractivity contribution in [1.82, 2.24) is 0 Å². The van der Waals surface area contributed by atoms with E-state index in [0.29, 0.717) is 5.88 Å². The highest BCUT2D eigenvalue weighted by atomic mass is 35.5. The maximum atomic E-state index is 5.75. The Balaban J connectivity index is 2.29. The van der Waals surface area contributed by atoms with E-state index in [1.165, 1.54) is 22.3 Å². The van der Waals surface area contributed by atoms with Gasteiger partial charge in [-0.25, -0.2) is 0 Å². The second-order valence-corrected chi connectivity index (χ2v) is 4.67. The minimum Gasteiger partial charge on any atom is -0.387 e. The molecular formula is C13H16ClNO. The van der Waals surface area contributed by atoms with E-state index in [4.69, 9.17) is 16.4 Å². The lowest BCUT2D eigenvalue weighted by Gasteiger charge is -2.15. The molecule has 3 heteroatoms. The Morgan fingerprint density at radius 3 is 2.44 bits per heavy atom. The number of rotatable bonds is 2. The molecule has 0 fully saturated rings. The molecule has 0 radical (unpaired) electrons. The van der Waals surface area contributed by atoms with Gasteiger partial charge in [0.25, 0.3) is 0 Å². The summed E-state index contributed by atoms with van der Waals surface area (Å²) in [5.41, 5.74) is 6.03. The summed E-state index contributed by atoms with van der Waals surface area (Å²) in [7, 11) is 0. The van der Waals surface area contributed by atoms with Gasteiger partial charge in [-0.2, -0.15) is 0 Å². The van der Waals surface area contributed by atoms with Gasteiger partial charge < -0.3 is 4.84 Å². The largest absolute Gasteiger partial charge is 0.387 e. The lowest BCUT2D eigenvalue weighted by atomic mass is 9.93. The van der Waals surface area contributed by atoms with Crippen LogP contribution in [0.2, 0.25) is 0 Å². The zero-order valence-electron chi connectivity index (χ0n) is 9.88. The predicted octanol–water partition coefficient (Wildman–Crippen LogP) is 3.67. The van der Waals surface area contributed by atoms with Crippen molar-refractivity contribution < 1.29 is 4.84 Å². The lowest BCUT2D eigenvalue weighted by Crippen LogP contribution is -2.05. The zero-order valence-corrected chi connectivity index (χ0v) is 10.6. The molecule has 1 aliphatic heterocycles. The minimum atomic E-state index is 0.0503. The summed E-state index contributed by atoms with van der Waals surface area (Å²) in [6.45, 7) is 6.36. The van der Waals surface area contributed by atoms with Crippen molar-refractivity contribution in [2.24, 2.45) is 5.16 Å². The maximum absolute atomic E-state index is 5.75. The van der Waals surface area contributed by atoms with Crippen LogP contribution in [0.5, 0.6) is 0 Å². The van der Waals surface area contributed by atoms with Crippen molar-refractivity contribution in [1.29, 1.82) is 0 Å². The van der Waals surface area contributed by atoms with Crippen LogP contribution in [-0.2, 0) is 4.84 Å². The highest BCUT2D eigenvalue weighted by Crippen LogP contribution is 2.32. The van der Waals surface area contributed by atoms with Gasteiger partial charge in [-0.15, -0.1) is 11.6 Å². The molecule has 2 rings (SSSR count). The summed E-state index contributed by atoms with van der Waals surface area (Å²) in [6, 6.07) is 4.37. The van der Waals surface area contributed by atoms with Crippen LogP contribution in [0.3, 0.4) is 0 Å². The molecule has 0 N–H and O–H groups in total. The predicted molar refractivity (Wildman–Crippen MR) is 67.3 cm³/mol. The van der Waals surface area contributed by atoms with Crippen molar-refractivity contribution in [3.05, 3.63) is 34.4 Å². The van der Waals surface area contributed by atoms with E-state index in [2.05, 4.69) is 38.1 Å². The summed E-state index contributed by atoms with van der Waals surface area (Å²) < 4.78 is 0. The first-order chi connectivity index (χ1) is 7.61. The van der Waals surface area contributed by atoms with Crippen LogP contribution < -0.4 is 0 Å². The molecule has 1 aromatic rings. The number of hydrogen-bond donors (Lipinski definition) is 0. The molecule has 1 aliphatic rings. The van der Waals surface area contributed by atoms with Crippen molar-refractivity contribution in [2.45, 2.75) is 33.3 Å². The summed E-state index contributed by atoms with van der Waals surface area (Å²) >= 11 is 5.75. The smallest absolute Gasteiger partial charge is 0.158 e. The second-order valence-electron chi connectivity index (χ2n) is 4.40. The quantitative estimate of drug-likeness (QED) is 0.720. The van der Waals surface area contributed by atoms with E-state index in [-0.39, 0.29) is 6.10 Å². The SMILES string of the molecule is Cc1cc(C)c(C2CC(CCl)=NO2)c(C)c1. The van der Waals surface area contributed by atoms with E-state index < -0.39 is 0 Å². The Bertz CT molecular complexity index is 417. The van der Waals surface area contributed by atoms with Gasteiger partial charge in [0.2, 0.25) is 0 Å². The van der Waals surface area contributed by atoms with Crippen LogP contribution in [-0.4, -0.2) is 11.6 Å². The molecule has 2 nitrogen and oxygen atoms in total. The molecule has 0 saturated carbocycles. The van der Waals surface area contributed by atoms with Gasteiger partial charge in [0.15, 0.2) is 6.10 Å². The molecule has 16 heavy (non-hydrogen) atoms. The van der Waals surface area contributed by atoms with Crippen LogP contribution in [0.15, 0.2) is 17.3 Å². The first kappa shape index (κ1) is 11.5. The molecule has 86 valence electrons. The molecule has 1 atom stereocenters. The molecule has 0 bridgehead atoms. The summed E-state index contributed by atoms with van der Waals surface area (Å²) in [4.78, 5) is 5.45. The standard InChI is InChI=1S/C13H16ClNO/c1-8-4-9(2)13(10(3)5-8)12-6-11(7-14)15-16-12/h4-5,12H,6-7H2,1-3H3. The average molecular weight is 238 g/mol. The van der Waals surface area contributed by atoms with Gasteiger partial charge in [0.05, 0.1) is 11.6 Å². The van der Waals surface area contributed by atoms with E-state index in [0.717, 1.165) is 12.1 Å². The molecule has 0 saturated heterocycles. The van der Waals surface area contributed by atoms with E-state index in [9.17, 15) is 0 Å². The van der Waals surface area contributed by atoms with Crippen molar-refractivity contribution in [3.63, 3.8) is 0 Å². The normalized spacial score (nSPS) is 19.5. The number of benzene rings is 1. The topological polar surface area (TPSA) is 21.6 Å². The zero-order chi connectivity index (χ0) is 11.7. The fourth-order valence-electron chi connectivity index (χ4n) is 2.36. The third kappa shape index (κ3) is 2.07. The summed E-state index contributed by atoms with van der Waals surface area (Å²) in [6.07, 6.45) is 0.864. The molecule has 0 aliphatic carbocycles. The van der Waals surface area contributed by atoms with Gasteiger partial charge in [-0.1, -0.05) is 22.9 Å². The third-order valence-electron chi connectivity index (χ3n) is 2.94.